The molecule has 7 nitrogen and oxygen atoms in total. The van der Waals surface area contributed by atoms with Gasteiger partial charge >= 0.3 is 0 Å². The molecule has 0 unspecified atom stereocenters. The number of phenols is 3. The van der Waals surface area contributed by atoms with E-state index in [1.165, 1.54) is 0 Å². The van der Waals surface area contributed by atoms with Crippen LogP contribution >= 0.6 is 0 Å². The number of ketones is 3. The molecule has 0 spiro atoms. The van der Waals surface area contributed by atoms with Crippen molar-refractivity contribution in [2.75, 3.05) is 7.11 Å². The number of phenolic OH excluding ortho intramolecular Hbond substituents is 3. The van der Waals surface area contributed by atoms with Gasteiger partial charge in [-0.3, -0.25) is 14.4 Å². The topological polar surface area (TPSA) is 121 Å². The Morgan fingerprint density at radius 1 is 1.05 bits per heavy atom. The molecular formula is C13H10O7. The number of hydrogen-bond acceptors (Lipinski definition) is 7. The summed E-state index contributed by atoms with van der Waals surface area (Å²) in [5.74, 6) is -5.53. The van der Waals surface area contributed by atoms with E-state index in [1.54, 1.807) is 0 Å². The summed E-state index contributed by atoms with van der Waals surface area (Å²) in [6, 6.07) is 0. The number of hydrogen-bond donors (Lipinski definition) is 3. The van der Waals surface area contributed by atoms with Crippen molar-refractivity contribution in [2.24, 2.45) is 0 Å². The van der Waals surface area contributed by atoms with E-state index in [1.807, 2.05) is 0 Å². The molecule has 0 bridgehead atoms. The molecular weight excluding hydrogens is 268 g/mol. The highest BCUT2D eigenvalue weighted by molar-refractivity contribution is 6.27. The molecule has 1 aliphatic carbocycles. The summed E-state index contributed by atoms with van der Waals surface area (Å²) in [5, 5.41) is 29.5. The molecule has 1 aliphatic rings. The lowest BCUT2D eigenvalue weighted by Gasteiger charge is -2.19. The van der Waals surface area contributed by atoms with Crippen LogP contribution in [0.15, 0.2) is 11.8 Å². The van der Waals surface area contributed by atoms with Crippen LogP contribution in [0.25, 0.3) is 0 Å². The van der Waals surface area contributed by atoms with Gasteiger partial charge in [0, 0.05) is 6.08 Å². The number of benzene rings is 1. The number of carbonyl (C=O) groups is 3. The monoisotopic (exact) mass is 278 g/mol. The van der Waals surface area contributed by atoms with Crippen molar-refractivity contribution in [3.05, 3.63) is 28.5 Å². The van der Waals surface area contributed by atoms with Crippen molar-refractivity contribution >= 4 is 17.3 Å². The molecule has 1 aromatic rings. The molecule has 0 amide bonds. The van der Waals surface area contributed by atoms with Gasteiger partial charge in [-0.2, -0.15) is 0 Å². The molecule has 7 heteroatoms. The van der Waals surface area contributed by atoms with Crippen molar-refractivity contribution in [1.29, 1.82) is 0 Å². The Labute approximate surface area is 112 Å². The predicted molar refractivity (Wildman–Crippen MR) is 65.2 cm³/mol. The van der Waals surface area contributed by atoms with Crippen LogP contribution in [0.5, 0.6) is 17.2 Å². The first kappa shape index (κ1) is 13.6. The van der Waals surface area contributed by atoms with Gasteiger partial charge in [-0.1, -0.05) is 0 Å². The van der Waals surface area contributed by atoms with Gasteiger partial charge in [-0.25, -0.2) is 0 Å². The van der Waals surface area contributed by atoms with Crippen LogP contribution in [-0.2, 0) is 4.74 Å². The molecule has 0 aromatic heterocycles. The number of rotatable bonds is 2. The second kappa shape index (κ2) is 4.37. The molecule has 0 saturated heterocycles. The largest absolute Gasteiger partial charge is 0.506 e. The minimum absolute atomic E-state index is 0.341. The van der Waals surface area contributed by atoms with Gasteiger partial charge in [0.15, 0.2) is 28.8 Å². The lowest BCUT2D eigenvalue weighted by atomic mass is 9.88. The normalized spacial score (nSPS) is 13.8. The maximum atomic E-state index is 12.0. The number of aromatic hydroxyl groups is 3. The van der Waals surface area contributed by atoms with Crippen LogP contribution in [-0.4, -0.2) is 39.8 Å². The third-order valence-electron chi connectivity index (χ3n) is 2.95. The summed E-state index contributed by atoms with van der Waals surface area (Å²) in [6.07, 6.45) is 0.838. The van der Waals surface area contributed by atoms with Crippen molar-refractivity contribution in [3.63, 3.8) is 0 Å². The molecule has 2 rings (SSSR count). The molecule has 104 valence electrons. The van der Waals surface area contributed by atoms with Crippen molar-refractivity contribution in [2.45, 2.75) is 6.92 Å². The van der Waals surface area contributed by atoms with Gasteiger partial charge < -0.3 is 20.1 Å². The fourth-order valence-corrected chi connectivity index (χ4v) is 2.04. The van der Waals surface area contributed by atoms with Gasteiger partial charge in [0.2, 0.25) is 5.78 Å². The van der Waals surface area contributed by atoms with Crippen LogP contribution in [0.2, 0.25) is 0 Å². The van der Waals surface area contributed by atoms with Crippen LogP contribution < -0.4 is 0 Å². The van der Waals surface area contributed by atoms with Gasteiger partial charge in [-0.05, 0) is 6.92 Å². The second-order valence-corrected chi connectivity index (χ2v) is 4.13. The van der Waals surface area contributed by atoms with Crippen LogP contribution in [0.4, 0.5) is 0 Å². The molecule has 0 saturated carbocycles. The van der Waals surface area contributed by atoms with E-state index in [2.05, 4.69) is 0 Å². The van der Waals surface area contributed by atoms with E-state index in [4.69, 9.17) is 4.74 Å². The summed E-state index contributed by atoms with van der Waals surface area (Å²) in [6.45, 7) is 1.03. The fourth-order valence-electron chi connectivity index (χ4n) is 2.04. The Bertz CT molecular complexity index is 697. The highest BCUT2D eigenvalue weighted by Crippen LogP contribution is 2.45. The van der Waals surface area contributed by atoms with E-state index < -0.39 is 51.3 Å². The molecule has 0 aliphatic heterocycles. The molecule has 0 atom stereocenters. The van der Waals surface area contributed by atoms with E-state index in [9.17, 15) is 29.7 Å². The Balaban J connectivity index is 2.90. The molecule has 0 fully saturated rings. The average molecular weight is 278 g/mol. The minimum Gasteiger partial charge on any atom is -0.506 e. The first-order valence-electron chi connectivity index (χ1n) is 5.47. The molecule has 20 heavy (non-hydrogen) atoms. The maximum absolute atomic E-state index is 12.0. The summed E-state index contributed by atoms with van der Waals surface area (Å²) in [5.41, 5.74) is -1.73. The van der Waals surface area contributed by atoms with Crippen molar-refractivity contribution in [3.8, 4) is 17.2 Å². The fraction of sp³-hybridized carbons (Fsp3) is 0.154. The number of carbonyl (C=O) groups excluding carboxylic acids is 3. The quantitative estimate of drug-likeness (QED) is 0.417. The predicted octanol–water partition coefficient (Wildman–Crippen LogP) is 0.915. The number of fused-ring (bicyclic) bond motifs is 1. The van der Waals surface area contributed by atoms with Crippen LogP contribution in [0.3, 0.4) is 0 Å². The highest BCUT2D eigenvalue weighted by Gasteiger charge is 2.36. The van der Waals surface area contributed by atoms with Gasteiger partial charge in [0.1, 0.15) is 11.3 Å². The zero-order valence-corrected chi connectivity index (χ0v) is 10.6. The number of allylic oxidation sites excluding steroid dienone is 2. The van der Waals surface area contributed by atoms with Crippen molar-refractivity contribution in [1.82, 2.24) is 0 Å². The van der Waals surface area contributed by atoms with E-state index >= 15 is 0 Å². The van der Waals surface area contributed by atoms with E-state index in [0.29, 0.717) is 0 Å². The van der Waals surface area contributed by atoms with E-state index in [0.717, 1.165) is 20.1 Å². The minimum atomic E-state index is -0.952. The number of ether oxygens (including phenoxy) is 1. The van der Waals surface area contributed by atoms with Crippen molar-refractivity contribution < 1.29 is 34.4 Å². The van der Waals surface area contributed by atoms with Gasteiger partial charge in [0.05, 0.1) is 18.2 Å². The van der Waals surface area contributed by atoms with E-state index in [-0.39, 0.29) is 5.76 Å². The van der Waals surface area contributed by atoms with Gasteiger partial charge in [0.25, 0.3) is 0 Å². The zero-order valence-electron chi connectivity index (χ0n) is 10.6. The summed E-state index contributed by atoms with van der Waals surface area (Å²) in [7, 11) is 1.16. The van der Waals surface area contributed by atoms with Crippen LogP contribution in [0, 0.1) is 0 Å². The smallest absolute Gasteiger partial charge is 0.232 e. The number of methoxy groups -OCH3 is 1. The molecule has 0 heterocycles. The lowest BCUT2D eigenvalue weighted by Crippen LogP contribution is -2.19. The third-order valence-corrected chi connectivity index (χ3v) is 2.95. The Morgan fingerprint density at radius 2 is 1.65 bits per heavy atom. The first-order chi connectivity index (χ1) is 9.31. The van der Waals surface area contributed by atoms with Crippen LogP contribution in [0.1, 0.15) is 38.0 Å². The highest BCUT2D eigenvalue weighted by atomic mass is 16.5. The Kier molecular flexibility index (Phi) is 2.97. The molecule has 3 N–H and O–H groups in total. The zero-order chi connectivity index (χ0) is 15.2. The summed E-state index contributed by atoms with van der Waals surface area (Å²) in [4.78, 5) is 35.2. The first-order valence-corrected chi connectivity index (χ1v) is 5.47. The summed E-state index contributed by atoms with van der Waals surface area (Å²) >= 11 is 0. The number of Topliss-reactive ketones (excluding diaryl/α,β-unsaturated/α-hetero) is 2. The Hall–Kier alpha value is -2.83. The average Bonchev–Trinajstić information content (AvgIpc) is 2.37. The SMILES string of the molecule is COC1=CC(=O)c2c(O)c(C(C)=O)c(O)c(O)c2C1=O. The summed E-state index contributed by atoms with van der Waals surface area (Å²) < 4.78 is 4.69. The Morgan fingerprint density at radius 3 is 2.15 bits per heavy atom. The maximum Gasteiger partial charge on any atom is 0.232 e. The lowest BCUT2D eigenvalue weighted by molar-refractivity contribution is 0.0909. The second-order valence-electron chi connectivity index (χ2n) is 4.13. The molecule has 1 aromatic carbocycles. The standard InChI is InChI=1S/C13H10O7/c1-4(14)7-11(17)8-5(15)3-6(20-2)10(16)9(8)13(19)12(7)18/h3,17-19H,1-2H3. The molecule has 0 radical (unpaired) electrons. The third kappa shape index (κ3) is 1.63. The van der Waals surface area contributed by atoms with Gasteiger partial charge in [-0.15, -0.1) is 0 Å².